The molecule has 61 heavy (non-hydrogen) atoms. The Morgan fingerprint density at radius 1 is 0.902 bits per heavy atom. The number of rotatable bonds is 23. The minimum Gasteiger partial charge on any atom is -0.481 e. The number of hydrogen-bond donors (Lipinski definition) is 0. The van der Waals surface area contributed by atoms with Crippen LogP contribution in [-0.4, -0.2) is 48.2 Å². The third-order valence-electron chi connectivity index (χ3n) is 11.9. The highest BCUT2D eigenvalue weighted by Crippen LogP contribution is 2.56. The summed E-state index contributed by atoms with van der Waals surface area (Å²) in [6.45, 7) is 9.69. The first-order valence-corrected chi connectivity index (χ1v) is 24.7. The van der Waals surface area contributed by atoms with Crippen molar-refractivity contribution in [1.82, 2.24) is 4.90 Å². The summed E-state index contributed by atoms with van der Waals surface area (Å²) in [5.41, 5.74) is 5.61. The zero-order chi connectivity index (χ0) is 44.0. The minimum atomic E-state index is -3.54. The summed E-state index contributed by atoms with van der Waals surface area (Å²) in [4.78, 5) is 27.8. The maximum Gasteiger partial charge on any atom is 0.368 e. The van der Waals surface area contributed by atoms with Crippen molar-refractivity contribution in [1.29, 1.82) is 0 Å². The summed E-state index contributed by atoms with van der Waals surface area (Å²) >= 11 is 6.17. The topological polar surface area (TPSA) is 91.4 Å². The molecule has 2 aliphatic rings. The van der Waals surface area contributed by atoms with Crippen molar-refractivity contribution < 1.29 is 41.5 Å². The molecule has 0 aliphatic carbocycles. The van der Waals surface area contributed by atoms with Crippen molar-refractivity contribution in [3.05, 3.63) is 93.0 Å². The number of alkyl halides is 2. The molecule has 2 saturated heterocycles. The first-order valence-electron chi connectivity index (χ1n) is 22.6. The van der Waals surface area contributed by atoms with E-state index in [0.29, 0.717) is 35.8 Å². The SMILES string of the molecule is CCCCCCCCCCCCCCCC(=O)N1CC(F)(F)C[C@@H]1C(=O)Oc1ccc(Cc2c(C)cc(OC[P@@]3(=O)OCC[C@@H](c4cccc(Cl)c4)O3)cc2C)cc1C(C)C. The lowest BCUT2D eigenvalue weighted by Gasteiger charge is -2.30. The Kier molecular flexibility index (Phi) is 18.7. The van der Waals surface area contributed by atoms with Crippen LogP contribution in [0.15, 0.2) is 54.6 Å². The fourth-order valence-corrected chi connectivity index (χ4v) is 10.1. The van der Waals surface area contributed by atoms with Gasteiger partial charge in [-0.15, -0.1) is 0 Å². The predicted octanol–water partition coefficient (Wildman–Crippen LogP) is 14.0. The number of ether oxygens (including phenoxy) is 2. The highest BCUT2D eigenvalue weighted by Gasteiger charge is 2.50. The quantitative estimate of drug-likeness (QED) is 0.0405. The van der Waals surface area contributed by atoms with Gasteiger partial charge in [-0.1, -0.05) is 134 Å². The second kappa shape index (κ2) is 23.4. The van der Waals surface area contributed by atoms with Crippen molar-refractivity contribution in [3.63, 3.8) is 0 Å². The van der Waals surface area contributed by atoms with E-state index < -0.39 is 50.5 Å². The normalized spacial score (nSPS) is 20.0. The molecule has 5 rings (SSSR count). The molecule has 336 valence electrons. The van der Waals surface area contributed by atoms with Crippen LogP contribution in [0.3, 0.4) is 0 Å². The number of amides is 1. The predicted molar refractivity (Wildman–Crippen MR) is 239 cm³/mol. The number of esters is 1. The molecule has 0 N–H and O–H groups in total. The standard InChI is InChI=1S/C49H67ClF2NO7P/c1-6-7-8-9-10-11-12-13-14-15-16-17-18-22-47(54)53-33-49(51,52)32-44(53)48(55)59-46-24-23-38(29-42(46)35(2)3)30-43-36(4)27-41(28-37(43)5)57-34-61(56)58-26-25-45(60-61)39-20-19-21-40(50)31-39/h19-21,23-24,27-29,31,35,44-45H,6-18,22,25-26,30,32-34H2,1-5H3/t44-,45+,61-/m1/s1. The number of unbranched alkanes of at least 4 members (excludes halogenated alkanes) is 12. The maximum absolute atomic E-state index is 14.7. The molecule has 1 amide bonds. The Bertz CT molecular complexity index is 1930. The average Bonchev–Trinajstić information content (AvgIpc) is 3.56. The summed E-state index contributed by atoms with van der Waals surface area (Å²) in [6, 6.07) is 15.3. The van der Waals surface area contributed by atoms with Crippen LogP contribution in [0.5, 0.6) is 11.5 Å². The number of likely N-dealkylation sites (tertiary alicyclic amines) is 1. The van der Waals surface area contributed by atoms with Crippen molar-refractivity contribution in [3.8, 4) is 11.5 Å². The molecule has 3 aromatic carbocycles. The molecule has 0 unspecified atom stereocenters. The second-order valence-electron chi connectivity index (χ2n) is 17.4. The summed E-state index contributed by atoms with van der Waals surface area (Å²) in [5.74, 6) is -3.60. The molecule has 0 aromatic heterocycles. The molecule has 8 nitrogen and oxygen atoms in total. The Balaban J connectivity index is 1.12. The second-order valence-corrected chi connectivity index (χ2v) is 19.8. The van der Waals surface area contributed by atoms with E-state index >= 15 is 0 Å². The van der Waals surface area contributed by atoms with E-state index in [9.17, 15) is 22.9 Å². The van der Waals surface area contributed by atoms with Crippen LogP contribution in [0, 0.1) is 13.8 Å². The van der Waals surface area contributed by atoms with E-state index in [4.69, 9.17) is 30.1 Å². The average molecular weight is 886 g/mol. The first-order chi connectivity index (χ1) is 29.2. The maximum atomic E-state index is 14.7. The van der Waals surface area contributed by atoms with Crippen LogP contribution in [0.25, 0.3) is 0 Å². The van der Waals surface area contributed by atoms with Crippen LogP contribution in [-0.2, 0) is 29.6 Å². The first kappa shape index (κ1) is 48.7. The van der Waals surface area contributed by atoms with Gasteiger partial charge in [0, 0.05) is 24.3 Å². The highest BCUT2D eigenvalue weighted by atomic mass is 35.5. The number of nitrogens with zero attached hydrogens (tertiary/aromatic N) is 1. The Morgan fingerprint density at radius 3 is 2.16 bits per heavy atom. The number of carbonyl (C=O) groups excluding carboxylic acids is 2. The van der Waals surface area contributed by atoms with Crippen molar-refractivity contribution in [2.45, 2.75) is 168 Å². The van der Waals surface area contributed by atoms with E-state index in [2.05, 4.69) is 6.92 Å². The highest BCUT2D eigenvalue weighted by molar-refractivity contribution is 7.53. The molecule has 0 radical (unpaired) electrons. The fraction of sp³-hybridized carbons (Fsp3) is 0.592. The lowest BCUT2D eigenvalue weighted by Crippen LogP contribution is -2.42. The molecular weight excluding hydrogens is 819 g/mol. The van der Waals surface area contributed by atoms with Gasteiger partial charge in [0.15, 0.2) is 6.35 Å². The molecule has 2 heterocycles. The summed E-state index contributed by atoms with van der Waals surface area (Å²) in [5, 5.41) is 0.578. The summed E-state index contributed by atoms with van der Waals surface area (Å²) in [6.07, 6.45) is 15.1. The molecular formula is C49H67ClF2NO7P. The van der Waals surface area contributed by atoms with E-state index in [1.807, 2.05) is 64.1 Å². The van der Waals surface area contributed by atoms with Gasteiger partial charge >= 0.3 is 13.6 Å². The molecule has 2 fully saturated rings. The zero-order valence-electron chi connectivity index (χ0n) is 37.0. The summed E-state index contributed by atoms with van der Waals surface area (Å²) in [7, 11) is -3.54. The number of carbonyl (C=O) groups is 2. The molecule has 3 atom stereocenters. The molecule has 0 bridgehead atoms. The van der Waals surface area contributed by atoms with Gasteiger partial charge in [0.05, 0.1) is 19.3 Å². The number of halogens is 3. The molecule has 0 saturated carbocycles. The van der Waals surface area contributed by atoms with E-state index in [1.165, 1.54) is 57.8 Å². The van der Waals surface area contributed by atoms with Gasteiger partial charge in [0.25, 0.3) is 5.92 Å². The Morgan fingerprint density at radius 2 is 1.54 bits per heavy atom. The number of aryl methyl sites for hydroxylation is 2. The van der Waals surface area contributed by atoms with Crippen LogP contribution >= 0.6 is 19.2 Å². The van der Waals surface area contributed by atoms with Crippen molar-refractivity contribution in [2.75, 3.05) is 19.5 Å². The molecule has 3 aromatic rings. The van der Waals surface area contributed by atoms with Crippen molar-refractivity contribution in [2.24, 2.45) is 0 Å². The fourth-order valence-electron chi connectivity index (χ4n) is 8.41. The van der Waals surface area contributed by atoms with Crippen LogP contribution in [0.2, 0.25) is 5.02 Å². The molecule has 0 spiro atoms. The van der Waals surface area contributed by atoms with Gasteiger partial charge in [-0.05, 0) is 96.3 Å². The van der Waals surface area contributed by atoms with Crippen LogP contribution < -0.4 is 9.47 Å². The monoisotopic (exact) mass is 885 g/mol. The molecule has 2 aliphatic heterocycles. The molecule has 12 heteroatoms. The van der Waals surface area contributed by atoms with Crippen molar-refractivity contribution >= 4 is 31.1 Å². The van der Waals surface area contributed by atoms with Gasteiger partial charge in [-0.3, -0.25) is 13.9 Å². The Labute approximate surface area is 367 Å². The third kappa shape index (κ3) is 14.9. The minimum absolute atomic E-state index is 0.0375. The van der Waals surface area contributed by atoms with E-state index in [0.717, 1.165) is 57.5 Å². The van der Waals surface area contributed by atoms with E-state index in [1.54, 1.807) is 18.2 Å². The largest absolute Gasteiger partial charge is 0.481 e. The number of benzene rings is 3. The van der Waals surface area contributed by atoms with E-state index in [-0.39, 0.29) is 25.3 Å². The van der Waals surface area contributed by atoms with Crippen LogP contribution in [0.4, 0.5) is 8.78 Å². The van der Waals surface area contributed by atoms with Gasteiger partial charge in [-0.25, -0.2) is 13.6 Å². The Hall–Kier alpha value is -3.30. The third-order valence-corrected chi connectivity index (χ3v) is 13.7. The van der Waals surface area contributed by atoms with Crippen LogP contribution in [0.1, 0.15) is 169 Å². The summed E-state index contributed by atoms with van der Waals surface area (Å²) < 4.78 is 66.4. The number of hydrogen-bond acceptors (Lipinski definition) is 7. The zero-order valence-corrected chi connectivity index (χ0v) is 38.6. The van der Waals surface area contributed by atoms with Gasteiger partial charge < -0.3 is 18.9 Å². The smallest absolute Gasteiger partial charge is 0.368 e. The van der Waals surface area contributed by atoms with Gasteiger partial charge in [0.2, 0.25) is 5.91 Å². The van der Waals surface area contributed by atoms with Gasteiger partial charge in [0.1, 0.15) is 17.5 Å². The lowest BCUT2D eigenvalue weighted by atomic mass is 9.93. The lowest BCUT2D eigenvalue weighted by molar-refractivity contribution is -0.146. The van der Waals surface area contributed by atoms with Gasteiger partial charge in [-0.2, -0.15) is 0 Å².